The molecular formula is C30H39AlF21O6+6. The zero-order valence-corrected chi connectivity index (χ0v) is 32.5. The molecule has 0 saturated heterocycles. The van der Waals surface area contributed by atoms with Crippen molar-refractivity contribution in [2.24, 2.45) is 16.2 Å². The van der Waals surface area contributed by atoms with Gasteiger partial charge < -0.3 is 0 Å². The summed E-state index contributed by atoms with van der Waals surface area (Å²) in [5, 5.41) is 0. The number of hydrogen-bond donors (Lipinski definition) is 0. The standard InChI is InChI=1S/3C10H11F7O2.Al/c3*1-7(2,3)5(18)4-6(19)8(11,12)9(13,14)10(15,16)17;/h3*4H2,1-3H3;/p+6. The van der Waals surface area contributed by atoms with Gasteiger partial charge >= 0.3 is 88.8 Å². The molecule has 0 rings (SSSR count). The van der Waals surface area contributed by atoms with Crippen LogP contribution >= 0.6 is 0 Å². The molecule has 58 heavy (non-hydrogen) atoms. The summed E-state index contributed by atoms with van der Waals surface area (Å²) in [5.41, 5.74) is -3.47. The summed E-state index contributed by atoms with van der Waals surface area (Å²) >= 11 is 0. The lowest BCUT2D eigenvalue weighted by Gasteiger charge is -2.24. The molecule has 28 heteroatoms. The Kier molecular flexibility index (Phi) is 20.0. The Morgan fingerprint density at radius 1 is 0.276 bits per heavy atom. The van der Waals surface area contributed by atoms with E-state index in [1.165, 1.54) is 62.3 Å². The summed E-state index contributed by atoms with van der Waals surface area (Å²) in [6.45, 7) is 11.7. The normalized spacial score (nSPS) is 14.2. The summed E-state index contributed by atoms with van der Waals surface area (Å²) in [6.07, 6.45) is -24.0. The van der Waals surface area contributed by atoms with Crippen molar-refractivity contribution in [2.45, 2.75) is 136 Å². The molecule has 0 amide bonds. The first-order valence-electron chi connectivity index (χ1n) is 14.9. The van der Waals surface area contributed by atoms with Crippen LogP contribution in [0.15, 0.2) is 0 Å². The second-order valence-electron chi connectivity index (χ2n) is 14.9. The Bertz CT molecular complexity index is 1310. The molecule has 3 radical (unpaired) electrons. The molecule has 0 aliphatic rings. The van der Waals surface area contributed by atoms with Crippen LogP contribution in [0.2, 0.25) is 0 Å². The van der Waals surface area contributed by atoms with Gasteiger partial charge in [0, 0.05) is 17.4 Å². The smallest absolute Gasteiger partial charge is 0.282 e. The second-order valence-corrected chi connectivity index (χ2v) is 14.9. The molecule has 0 atom stereocenters. The van der Waals surface area contributed by atoms with Crippen LogP contribution in [0.4, 0.5) is 92.2 Å². The van der Waals surface area contributed by atoms with Crippen molar-refractivity contribution >= 4 is 52.1 Å². The van der Waals surface area contributed by atoms with Crippen molar-refractivity contribution in [1.29, 1.82) is 0 Å². The van der Waals surface area contributed by atoms with Crippen LogP contribution in [0.1, 0.15) is 81.6 Å². The van der Waals surface area contributed by atoms with E-state index in [1.807, 2.05) is 0 Å². The van der Waals surface area contributed by atoms with E-state index in [1.54, 1.807) is 0 Å². The molecule has 0 aromatic heterocycles. The van der Waals surface area contributed by atoms with Gasteiger partial charge in [-0.25, -0.2) is 0 Å². The van der Waals surface area contributed by atoms with Crippen LogP contribution < -0.4 is 0 Å². The molecule has 0 aliphatic carbocycles. The molecule has 0 aromatic carbocycles. The van der Waals surface area contributed by atoms with Crippen LogP contribution in [0, 0.1) is 16.2 Å². The fourth-order valence-corrected chi connectivity index (χ4v) is 2.68. The van der Waals surface area contributed by atoms with Gasteiger partial charge in [-0.3, -0.25) is 28.8 Å². The van der Waals surface area contributed by atoms with Crippen molar-refractivity contribution < 1.29 is 121 Å². The number of ketones is 6. The minimum absolute atomic E-state index is 0. The van der Waals surface area contributed by atoms with Gasteiger partial charge in [0.15, 0.2) is 19.3 Å². The van der Waals surface area contributed by atoms with Crippen molar-refractivity contribution in [3.05, 3.63) is 0 Å². The lowest BCUT2D eigenvalue weighted by atomic mass is 9.86. The van der Waals surface area contributed by atoms with Gasteiger partial charge in [-0.15, -0.1) is 0 Å². The van der Waals surface area contributed by atoms with Crippen molar-refractivity contribution in [3.8, 4) is 0 Å². The van der Waals surface area contributed by atoms with Gasteiger partial charge in [-0.1, -0.05) is 0 Å². The zero-order valence-electron chi connectivity index (χ0n) is 31.3. The van der Waals surface area contributed by atoms with E-state index in [4.69, 9.17) is 14.4 Å². The summed E-state index contributed by atoms with van der Waals surface area (Å²) < 4.78 is 260. The van der Waals surface area contributed by atoms with E-state index in [9.17, 15) is 107 Å². The molecule has 0 bridgehead atoms. The maximum Gasteiger partial charge on any atom is 0.460 e. The predicted octanol–water partition coefficient (Wildman–Crippen LogP) is 9.66. The summed E-state index contributed by atoms with van der Waals surface area (Å²) in [5.74, 6) is -46.6. The maximum absolute atomic E-state index is 13.0. The maximum atomic E-state index is 13.0. The Hall–Kier alpha value is -2.92. The van der Waals surface area contributed by atoms with Gasteiger partial charge in [0.1, 0.15) is 0 Å². The highest BCUT2D eigenvalue weighted by Gasteiger charge is 2.80. The van der Waals surface area contributed by atoms with E-state index in [0.717, 1.165) is 0 Å². The van der Waals surface area contributed by atoms with Gasteiger partial charge in [0.2, 0.25) is 0 Å². The number of carbonyl (C=O) groups excluding carboxylic acids is 6. The fraction of sp³-hybridized carbons (Fsp3) is 0.800. The highest BCUT2D eigenvalue weighted by Crippen LogP contribution is 2.49. The molecule has 6 nitrogen and oxygen atoms in total. The largest absolute Gasteiger partial charge is 0.460 e. The Morgan fingerprint density at radius 2 is 0.397 bits per heavy atom. The first kappa shape index (κ1) is 61.7. The third-order valence-corrected chi connectivity index (χ3v) is 6.94. The quantitative estimate of drug-likeness (QED) is 0.0800. The van der Waals surface area contributed by atoms with Gasteiger partial charge in [-0.2, -0.15) is 92.2 Å². The molecule has 339 valence electrons. The molecule has 0 aromatic rings. The molecule has 0 spiro atoms. The van der Waals surface area contributed by atoms with Crippen molar-refractivity contribution in [1.82, 2.24) is 0 Å². The Balaban J connectivity index is -0.000000374. The molecule has 6 N–H and O–H groups in total. The number of hydrogen-bond acceptors (Lipinski definition) is 0. The highest BCUT2D eigenvalue weighted by atomic mass is 27.0. The SMILES string of the molecule is CC(C)(C)C(=[OH+])CC(=[OH+])C(F)(F)C(F)(F)C(F)(F)F.CC(C)(C)C(=[OH+])CC(=[OH+])C(F)(F)C(F)(F)C(F)(F)F.CC(C)(C)C(=[OH+])CC(=[OH+])C(F)(F)C(F)(F)C(F)(F)F.[Al]. The molecular weight excluding hydrogens is 882 g/mol. The monoisotopic (exact) mass is 921 g/mol. The third-order valence-electron chi connectivity index (χ3n) is 6.94. The topological polar surface area (TPSA) is 128 Å². The second kappa shape index (κ2) is 18.8. The molecule has 0 saturated carbocycles. The zero-order chi connectivity index (χ0) is 47.6. The highest BCUT2D eigenvalue weighted by molar-refractivity contribution is 6.07. The predicted molar refractivity (Wildman–Crippen MR) is 167 cm³/mol. The van der Waals surface area contributed by atoms with Crippen LogP contribution in [0.3, 0.4) is 0 Å². The van der Waals surface area contributed by atoms with E-state index in [-0.39, 0.29) is 17.4 Å². The third kappa shape index (κ3) is 14.7. The van der Waals surface area contributed by atoms with E-state index in [0.29, 0.717) is 0 Å². The van der Waals surface area contributed by atoms with E-state index < -0.39 is 124 Å². The van der Waals surface area contributed by atoms with Crippen LogP contribution in [-0.4, -0.2) is 135 Å². The van der Waals surface area contributed by atoms with E-state index in [2.05, 4.69) is 0 Å². The van der Waals surface area contributed by atoms with Gasteiger partial charge in [-0.05, 0) is 62.3 Å². The minimum Gasteiger partial charge on any atom is -0.282 e. The summed E-state index contributed by atoms with van der Waals surface area (Å²) in [7, 11) is 0. The van der Waals surface area contributed by atoms with Crippen molar-refractivity contribution in [2.75, 3.05) is 0 Å². The molecule has 0 aliphatic heterocycles. The first-order chi connectivity index (χ1) is 24.1. The Morgan fingerprint density at radius 3 is 0.483 bits per heavy atom. The lowest BCUT2D eigenvalue weighted by Crippen LogP contribution is -2.56. The number of rotatable bonds is 12. The molecule has 0 unspecified atom stereocenters. The molecule has 0 heterocycles. The summed E-state index contributed by atoms with van der Waals surface area (Å²) in [6, 6.07) is 0. The fourth-order valence-electron chi connectivity index (χ4n) is 2.68. The number of alkyl halides is 21. The van der Waals surface area contributed by atoms with Gasteiger partial charge in [0.25, 0.3) is 0 Å². The lowest BCUT2D eigenvalue weighted by molar-refractivity contribution is -0.337. The van der Waals surface area contributed by atoms with Crippen molar-refractivity contribution in [3.63, 3.8) is 0 Å². The van der Waals surface area contributed by atoms with Crippen LogP contribution in [0.5, 0.6) is 0 Å². The Labute approximate surface area is 325 Å². The first-order valence-corrected chi connectivity index (χ1v) is 14.9. The van der Waals surface area contributed by atoms with E-state index >= 15 is 0 Å². The minimum atomic E-state index is -6.53. The number of halogens is 21. The van der Waals surface area contributed by atoms with Gasteiger partial charge in [0.05, 0.1) is 16.2 Å². The average molecular weight is 922 g/mol. The van der Waals surface area contributed by atoms with Crippen LogP contribution in [0.25, 0.3) is 0 Å². The average Bonchev–Trinajstić information content (AvgIpc) is 2.93. The summed E-state index contributed by atoms with van der Waals surface area (Å²) in [4.78, 5) is 54.2. The van der Waals surface area contributed by atoms with Crippen LogP contribution in [-0.2, 0) is 0 Å². The molecule has 0 fully saturated rings.